The van der Waals surface area contributed by atoms with Crippen molar-refractivity contribution in [3.05, 3.63) is 12.3 Å². The second-order valence-corrected chi connectivity index (χ2v) is 4.33. The maximum Gasteiger partial charge on any atom is 0.0575 e. The van der Waals surface area contributed by atoms with Gasteiger partial charge in [-0.3, -0.25) is 9.89 Å². The summed E-state index contributed by atoms with van der Waals surface area (Å²) in [7, 11) is 2.12. The van der Waals surface area contributed by atoms with Crippen LogP contribution in [0, 0.1) is 5.41 Å². The smallest absolute Gasteiger partial charge is 0.0575 e. The van der Waals surface area contributed by atoms with Gasteiger partial charge >= 0.3 is 0 Å². The molecule has 0 atom stereocenters. The highest BCUT2D eigenvalue weighted by Gasteiger charge is 2.40. The molecule has 14 heavy (non-hydrogen) atoms. The first-order valence-electron chi connectivity index (χ1n) is 4.92. The van der Waals surface area contributed by atoms with E-state index < -0.39 is 0 Å². The van der Waals surface area contributed by atoms with Crippen LogP contribution in [0.1, 0.15) is 0 Å². The van der Waals surface area contributed by atoms with E-state index in [1.165, 1.54) is 0 Å². The van der Waals surface area contributed by atoms with E-state index in [0.29, 0.717) is 0 Å². The number of nitrogens with zero attached hydrogens (tertiary/aromatic N) is 2. The quantitative estimate of drug-likeness (QED) is 0.633. The molecule has 1 fully saturated rings. The minimum atomic E-state index is 0.277. The third kappa shape index (κ3) is 1.81. The van der Waals surface area contributed by atoms with Gasteiger partial charge < -0.3 is 10.5 Å². The Morgan fingerprint density at radius 1 is 1.57 bits per heavy atom. The van der Waals surface area contributed by atoms with E-state index in [0.717, 1.165) is 38.6 Å². The summed E-state index contributed by atoms with van der Waals surface area (Å²) in [5.74, 6) is 0. The fourth-order valence-electron chi connectivity index (χ4n) is 2.06. The van der Waals surface area contributed by atoms with Crippen molar-refractivity contribution in [3.8, 4) is 0 Å². The van der Waals surface area contributed by atoms with Gasteiger partial charge in [0.2, 0.25) is 0 Å². The summed E-state index contributed by atoms with van der Waals surface area (Å²) in [4.78, 5) is 6.85. The Morgan fingerprint density at radius 2 is 2.36 bits per heavy atom. The monoisotopic (exact) mass is 195 g/mol. The van der Waals surface area contributed by atoms with Crippen molar-refractivity contribution < 1.29 is 4.74 Å². The van der Waals surface area contributed by atoms with Crippen LogP contribution in [0.3, 0.4) is 0 Å². The molecule has 0 saturated carbocycles. The molecule has 2 N–H and O–H groups in total. The molecule has 0 aromatic heterocycles. The van der Waals surface area contributed by atoms with Gasteiger partial charge in [0.1, 0.15) is 0 Å². The summed E-state index contributed by atoms with van der Waals surface area (Å²) in [5.41, 5.74) is 6.71. The van der Waals surface area contributed by atoms with E-state index in [1.54, 1.807) is 6.20 Å². The third-order valence-electron chi connectivity index (χ3n) is 2.76. The summed E-state index contributed by atoms with van der Waals surface area (Å²) in [5, 5.41) is 0. The van der Waals surface area contributed by atoms with Crippen molar-refractivity contribution in [3.63, 3.8) is 0 Å². The van der Waals surface area contributed by atoms with Gasteiger partial charge in [0, 0.05) is 18.5 Å². The lowest BCUT2D eigenvalue weighted by atomic mass is 9.86. The average molecular weight is 195 g/mol. The second-order valence-electron chi connectivity index (χ2n) is 4.33. The van der Waals surface area contributed by atoms with Crippen molar-refractivity contribution >= 4 is 5.71 Å². The molecule has 2 aliphatic heterocycles. The molecule has 2 aliphatic rings. The molecule has 0 bridgehead atoms. The topological polar surface area (TPSA) is 50.8 Å². The first-order valence-corrected chi connectivity index (χ1v) is 4.92. The Balaban J connectivity index is 2.09. The number of hydrogen-bond donors (Lipinski definition) is 1. The molecule has 2 heterocycles. The average Bonchev–Trinajstić information content (AvgIpc) is 2.24. The normalized spacial score (nSPS) is 27.4. The highest BCUT2D eigenvalue weighted by Crippen LogP contribution is 2.30. The molecule has 1 spiro atoms. The number of ether oxygens (including phenoxy) is 1. The first-order chi connectivity index (χ1) is 6.74. The lowest BCUT2D eigenvalue weighted by molar-refractivity contribution is -0.115. The minimum Gasteiger partial charge on any atom is -0.405 e. The van der Waals surface area contributed by atoms with Crippen LogP contribution in [-0.4, -0.2) is 50.5 Å². The molecule has 0 amide bonds. The molecule has 4 nitrogen and oxygen atoms in total. The summed E-state index contributed by atoms with van der Waals surface area (Å²) in [6.07, 6.45) is 3.44. The van der Waals surface area contributed by atoms with Gasteiger partial charge in [-0.25, -0.2) is 0 Å². The molecule has 0 aromatic rings. The van der Waals surface area contributed by atoms with Crippen LogP contribution in [0.5, 0.6) is 0 Å². The van der Waals surface area contributed by atoms with Crippen LogP contribution in [0.2, 0.25) is 0 Å². The van der Waals surface area contributed by atoms with Gasteiger partial charge in [0.05, 0.1) is 25.5 Å². The lowest BCUT2D eigenvalue weighted by Gasteiger charge is -2.41. The number of nitrogens with two attached hydrogens (primary N) is 1. The Labute approximate surface area is 84.4 Å². The van der Waals surface area contributed by atoms with Crippen molar-refractivity contribution in [2.45, 2.75) is 0 Å². The largest absolute Gasteiger partial charge is 0.405 e. The van der Waals surface area contributed by atoms with Gasteiger partial charge in [-0.05, 0) is 19.3 Å². The zero-order valence-corrected chi connectivity index (χ0v) is 8.57. The number of hydrogen-bond acceptors (Lipinski definition) is 4. The molecule has 0 radical (unpaired) electrons. The number of rotatable bonds is 1. The fourth-order valence-corrected chi connectivity index (χ4v) is 2.06. The SMILES string of the molecule is CN1CC(/C=C\N)=NCC2(COC2)C1. The maximum atomic E-state index is 5.37. The Morgan fingerprint density at radius 3 is 2.93 bits per heavy atom. The van der Waals surface area contributed by atoms with Crippen LogP contribution in [0.4, 0.5) is 0 Å². The molecular weight excluding hydrogens is 178 g/mol. The van der Waals surface area contributed by atoms with E-state index >= 15 is 0 Å². The molecule has 0 unspecified atom stereocenters. The maximum absolute atomic E-state index is 5.37. The van der Waals surface area contributed by atoms with Gasteiger partial charge in [-0.1, -0.05) is 0 Å². The van der Waals surface area contributed by atoms with Gasteiger partial charge in [-0.2, -0.15) is 0 Å². The number of aliphatic imine (C=N–C) groups is 1. The van der Waals surface area contributed by atoms with Crippen molar-refractivity contribution in [1.29, 1.82) is 0 Å². The molecule has 0 aromatic carbocycles. The Hall–Kier alpha value is -0.870. The van der Waals surface area contributed by atoms with E-state index in [-0.39, 0.29) is 5.41 Å². The Kier molecular flexibility index (Phi) is 2.56. The second kappa shape index (κ2) is 3.71. The van der Waals surface area contributed by atoms with Crippen molar-refractivity contribution in [2.75, 3.05) is 39.9 Å². The van der Waals surface area contributed by atoms with E-state index in [2.05, 4.69) is 16.9 Å². The van der Waals surface area contributed by atoms with Gasteiger partial charge in [-0.15, -0.1) is 0 Å². The summed E-state index contributed by atoms with van der Waals surface area (Å²) < 4.78 is 5.28. The first kappa shape index (κ1) is 9.68. The van der Waals surface area contributed by atoms with Crippen LogP contribution in [0.15, 0.2) is 17.3 Å². The third-order valence-corrected chi connectivity index (χ3v) is 2.76. The highest BCUT2D eigenvalue weighted by atomic mass is 16.5. The molecule has 2 rings (SSSR count). The lowest BCUT2D eigenvalue weighted by Crippen LogP contribution is -2.51. The molecule has 0 aliphatic carbocycles. The molecule has 78 valence electrons. The zero-order chi connectivity index (χ0) is 10.0. The summed E-state index contributed by atoms with van der Waals surface area (Å²) in [6, 6.07) is 0. The van der Waals surface area contributed by atoms with Crippen LogP contribution in [-0.2, 0) is 4.74 Å². The molecule has 4 heteroatoms. The predicted octanol–water partition coefficient (Wildman–Crippen LogP) is -0.138. The fraction of sp³-hybridized carbons (Fsp3) is 0.700. The van der Waals surface area contributed by atoms with Crippen LogP contribution >= 0.6 is 0 Å². The van der Waals surface area contributed by atoms with E-state index in [9.17, 15) is 0 Å². The van der Waals surface area contributed by atoms with E-state index in [4.69, 9.17) is 10.5 Å². The molecular formula is C10H17N3O. The van der Waals surface area contributed by atoms with Crippen molar-refractivity contribution in [1.82, 2.24) is 4.90 Å². The van der Waals surface area contributed by atoms with Crippen molar-refractivity contribution in [2.24, 2.45) is 16.1 Å². The minimum absolute atomic E-state index is 0.277. The van der Waals surface area contributed by atoms with Gasteiger partial charge in [0.15, 0.2) is 0 Å². The highest BCUT2D eigenvalue weighted by molar-refractivity contribution is 5.96. The summed E-state index contributed by atoms with van der Waals surface area (Å²) >= 11 is 0. The Bertz CT molecular complexity index is 269. The van der Waals surface area contributed by atoms with Crippen LogP contribution < -0.4 is 5.73 Å². The summed E-state index contributed by atoms with van der Waals surface area (Å²) in [6.45, 7) is 4.52. The standard InChI is InChI=1S/C10H17N3O/c1-13-4-9(2-3-11)12-5-10(6-13)7-14-8-10/h2-3H,4-8,11H2,1H3/b3-2-. The molecule has 1 saturated heterocycles. The predicted molar refractivity (Wildman–Crippen MR) is 56.4 cm³/mol. The van der Waals surface area contributed by atoms with E-state index in [1.807, 2.05) is 6.08 Å². The van der Waals surface area contributed by atoms with Gasteiger partial charge in [0.25, 0.3) is 0 Å². The van der Waals surface area contributed by atoms with Crippen LogP contribution in [0.25, 0.3) is 0 Å². The zero-order valence-electron chi connectivity index (χ0n) is 8.57.